The number of rotatable bonds is 6. The highest BCUT2D eigenvalue weighted by molar-refractivity contribution is 6.09. The zero-order valence-electron chi connectivity index (χ0n) is 19.3. The van der Waals surface area contributed by atoms with E-state index in [9.17, 15) is 18.8 Å². The molecule has 3 heterocycles. The molecule has 0 bridgehead atoms. The lowest BCUT2D eigenvalue weighted by Crippen LogP contribution is -2.48. The highest BCUT2D eigenvalue weighted by Gasteiger charge is 2.49. The van der Waals surface area contributed by atoms with Crippen molar-refractivity contribution < 1.29 is 33.0 Å². The summed E-state index contributed by atoms with van der Waals surface area (Å²) in [7, 11) is 0. The second-order valence-corrected chi connectivity index (χ2v) is 9.19. The van der Waals surface area contributed by atoms with E-state index < -0.39 is 35.7 Å². The molecular formula is C25H26FN3O6. The lowest BCUT2D eigenvalue weighted by Gasteiger charge is -2.38. The second-order valence-electron chi connectivity index (χ2n) is 9.19. The van der Waals surface area contributed by atoms with Gasteiger partial charge in [-0.05, 0) is 55.2 Å². The minimum absolute atomic E-state index is 0.175. The van der Waals surface area contributed by atoms with Gasteiger partial charge in [0.1, 0.15) is 17.9 Å². The van der Waals surface area contributed by atoms with Crippen LogP contribution in [0.3, 0.4) is 0 Å². The standard InChI is InChI=1S/C25H26FN3O6/c1-24(16-2-5-18(26)6-3-16)22(31)29(23(32)28-24)13-21(30)27-14-25(8-10-33-11-9-25)17-4-7-19-20(12-17)35-15-34-19/h2-7,12H,8-11,13-15H2,1H3,(H,27,30)(H,28,32). The van der Waals surface area contributed by atoms with E-state index in [1.807, 2.05) is 18.2 Å². The fraction of sp³-hybridized carbons (Fsp3) is 0.400. The zero-order chi connectivity index (χ0) is 24.6. The van der Waals surface area contributed by atoms with Crippen LogP contribution in [0.25, 0.3) is 0 Å². The molecular weight excluding hydrogens is 457 g/mol. The molecule has 4 amide bonds. The van der Waals surface area contributed by atoms with Crippen LogP contribution in [-0.2, 0) is 25.3 Å². The minimum Gasteiger partial charge on any atom is -0.454 e. The van der Waals surface area contributed by atoms with Crippen LogP contribution in [-0.4, -0.2) is 55.8 Å². The number of nitrogens with zero attached hydrogens (tertiary/aromatic N) is 1. The Morgan fingerprint density at radius 3 is 2.49 bits per heavy atom. The van der Waals surface area contributed by atoms with Crippen LogP contribution in [0.1, 0.15) is 30.9 Å². The van der Waals surface area contributed by atoms with Crippen LogP contribution < -0.4 is 20.1 Å². The van der Waals surface area contributed by atoms with Gasteiger partial charge in [-0.1, -0.05) is 18.2 Å². The van der Waals surface area contributed by atoms with Gasteiger partial charge in [-0.15, -0.1) is 0 Å². The number of imide groups is 1. The number of hydrogen-bond acceptors (Lipinski definition) is 6. The van der Waals surface area contributed by atoms with Crippen LogP contribution in [0.15, 0.2) is 42.5 Å². The Morgan fingerprint density at radius 1 is 1.06 bits per heavy atom. The summed E-state index contributed by atoms with van der Waals surface area (Å²) in [5, 5.41) is 5.54. The average Bonchev–Trinajstić information content (AvgIpc) is 3.42. The number of nitrogens with one attached hydrogen (secondary N) is 2. The third kappa shape index (κ3) is 4.18. The van der Waals surface area contributed by atoms with Gasteiger partial charge in [-0.25, -0.2) is 9.18 Å². The van der Waals surface area contributed by atoms with Crippen LogP contribution in [0.2, 0.25) is 0 Å². The number of halogens is 1. The molecule has 1 atom stereocenters. The van der Waals surface area contributed by atoms with Gasteiger partial charge >= 0.3 is 6.03 Å². The van der Waals surface area contributed by atoms with E-state index in [0.717, 1.165) is 10.5 Å². The number of hydrogen-bond donors (Lipinski definition) is 2. The number of amides is 4. The summed E-state index contributed by atoms with van der Waals surface area (Å²) in [5.74, 6) is -0.124. The van der Waals surface area contributed by atoms with Crippen molar-refractivity contribution in [3.05, 3.63) is 59.4 Å². The quantitative estimate of drug-likeness (QED) is 0.611. The molecule has 2 fully saturated rings. The fourth-order valence-corrected chi connectivity index (χ4v) is 4.84. The van der Waals surface area contributed by atoms with Crippen molar-refractivity contribution in [3.8, 4) is 11.5 Å². The smallest absolute Gasteiger partial charge is 0.325 e. The maximum Gasteiger partial charge on any atom is 0.325 e. The Labute approximate surface area is 201 Å². The summed E-state index contributed by atoms with van der Waals surface area (Å²) in [6, 6.07) is 10.4. The molecule has 0 saturated carbocycles. The lowest BCUT2D eigenvalue weighted by molar-refractivity contribution is -0.134. The zero-order valence-corrected chi connectivity index (χ0v) is 19.3. The monoisotopic (exact) mass is 483 g/mol. The lowest BCUT2D eigenvalue weighted by atomic mass is 9.74. The van der Waals surface area contributed by atoms with Crippen molar-refractivity contribution in [2.24, 2.45) is 0 Å². The topological polar surface area (TPSA) is 106 Å². The van der Waals surface area contributed by atoms with E-state index in [0.29, 0.717) is 49.7 Å². The molecule has 2 saturated heterocycles. The summed E-state index contributed by atoms with van der Waals surface area (Å²) < 4.78 is 29.8. The van der Waals surface area contributed by atoms with E-state index in [4.69, 9.17) is 14.2 Å². The van der Waals surface area contributed by atoms with Crippen molar-refractivity contribution in [3.63, 3.8) is 0 Å². The number of carbonyl (C=O) groups is 3. The highest BCUT2D eigenvalue weighted by atomic mass is 19.1. The second kappa shape index (κ2) is 8.84. The molecule has 0 aliphatic carbocycles. The summed E-state index contributed by atoms with van der Waals surface area (Å²) >= 11 is 0. The van der Waals surface area contributed by atoms with Gasteiger partial charge in [-0.3, -0.25) is 14.5 Å². The predicted molar refractivity (Wildman–Crippen MR) is 121 cm³/mol. The number of urea groups is 1. The first-order valence-corrected chi connectivity index (χ1v) is 11.5. The maximum atomic E-state index is 13.3. The largest absolute Gasteiger partial charge is 0.454 e. The Balaban J connectivity index is 1.28. The van der Waals surface area contributed by atoms with Gasteiger partial charge in [0, 0.05) is 25.2 Å². The first-order chi connectivity index (χ1) is 16.8. The molecule has 184 valence electrons. The third-order valence-electron chi connectivity index (χ3n) is 7.06. The SMILES string of the molecule is CC1(c2ccc(F)cc2)NC(=O)N(CC(=O)NCC2(c3ccc4c(c3)OCO4)CCOCC2)C1=O. The molecule has 3 aliphatic rings. The summed E-state index contributed by atoms with van der Waals surface area (Å²) in [4.78, 5) is 39.4. The van der Waals surface area contributed by atoms with Crippen LogP contribution in [0.5, 0.6) is 11.5 Å². The molecule has 10 heteroatoms. The van der Waals surface area contributed by atoms with Crippen LogP contribution in [0, 0.1) is 5.82 Å². The highest BCUT2D eigenvalue weighted by Crippen LogP contribution is 2.40. The molecule has 0 aromatic heterocycles. The van der Waals surface area contributed by atoms with Gasteiger partial charge in [0.2, 0.25) is 12.7 Å². The molecule has 5 rings (SSSR count). The molecule has 3 aliphatic heterocycles. The van der Waals surface area contributed by atoms with E-state index in [2.05, 4.69) is 10.6 Å². The van der Waals surface area contributed by atoms with Crippen LogP contribution in [0.4, 0.5) is 9.18 Å². The van der Waals surface area contributed by atoms with Crippen molar-refractivity contribution in [2.45, 2.75) is 30.7 Å². The molecule has 1 unspecified atom stereocenters. The van der Waals surface area contributed by atoms with E-state index in [1.54, 1.807) is 0 Å². The summed E-state index contributed by atoms with van der Waals surface area (Å²) in [5.41, 5.74) is -0.317. The molecule has 35 heavy (non-hydrogen) atoms. The van der Waals surface area contributed by atoms with Crippen LogP contribution >= 0.6 is 0 Å². The number of fused-ring (bicyclic) bond motifs is 1. The number of benzene rings is 2. The van der Waals surface area contributed by atoms with Crippen molar-refractivity contribution in [1.29, 1.82) is 0 Å². The van der Waals surface area contributed by atoms with Gasteiger partial charge in [0.15, 0.2) is 11.5 Å². The fourth-order valence-electron chi connectivity index (χ4n) is 4.84. The predicted octanol–water partition coefficient (Wildman–Crippen LogP) is 2.19. The van der Waals surface area contributed by atoms with Crippen molar-refractivity contribution in [2.75, 3.05) is 33.1 Å². The Hall–Kier alpha value is -3.66. The summed E-state index contributed by atoms with van der Waals surface area (Å²) in [6.45, 7) is 2.70. The molecule has 0 spiro atoms. The van der Waals surface area contributed by atoms with Gasteiger partial charge in [-0.2, -0.15) is 0 Å². The molecule has 2 N–H and O–H groups in total. The Kier molecular flexibility index (Phi) is 5.84. The minimum atomic E-state index is -1.38. The Bertz CT molecular complexity index is 1160. The van der Waals surface area contributed by atoms with Gasteiger partial charge in [0.25, 0.3) is 5.91 Å². The Morgan fingerprint density at radius 2 is 1.74 bits per heavy atom. The van der Waals surface area contributed by atoms with Crippen molar-refractivity contribution >= 4 is 17.8 Å². The molecule has 2 aromatic carbocycles. The first kappa shape index (κ1) is 23.1. The number of carbonyl (C=O) groups excluding carboxylic acids is 3. The van der Waals surface area contributed by atoms with Gasteiger partial charge in [0.05, 0.1) is 0 Å². The number of ether oxygens (including phenoxy) is 3. The molecule has 0 radical (unpaired) electrons. The average molecular weight is 483 g/mol. The van der Waals surface area contributed by atoms with Crippen molar-refractivity contribution in [1.82, 2.24) is 15.5 Å². The van der Waals surface area contributed by atoms with E-state index in [1.165, 1.54) is 31.2 Å². The summed E-state index contributed by atoms with van der Waals surface area (Å²) in [6.07, 6.45) is 1.39. The molecule has 2 aromatic rings. The van der Waals surface area contributed by atoms with E-state index in [-0.39, 0.29) is 12.2 Å². The van der Waals surface area contributed by atoms with Gasteiger partial charge < -0.3 is 24.8 Å². The third-order valence-corrected chi connectivity index (χ3v) is 7.06. The maximum absolute atomic E-state index is 13.3. The van der Waals surface area contributed by atoms with E-state index >= 15 is 0 Å². The first-order valence-electron chi connectivity index (χ1n) is 11.5. The molecule has 9 nitrogen and oxygen atoms in total. The normalized spacial score (nSPS) is 22.7.